The van der Waals surface area contributed by atoms with Crippen LogP contribution in [0.5, 0.6) is 5.75 Å². The molecule has 3 rings (SSSR count). The molecular formula is C17H18FN5O. The van der Waals surface area contributed by atoms with Gasteiger partial charge in [0.2, 0.25) is 0 Å². The first-order chi connectivity index (χ1) is 11.6. The molecule has 0 amide bonds. The molecule has 1 N–H and O–H groups in total. The van der Waals surface area contributed by atoms with Crippen LogP contribution in [0.15, 0.2) is 42.6 Å². The van der Waals surface area contributed by atoms with Crippen LogP contribution in [-0.4, -0.2) is 27.1 Å². The maximum atomic E-state index is 13.5. The number of nitrogens with zero attached hydrogens (tertiary/aromatic N) is 4. The molecule has 24 heavy (non-hydrogen) atoms. The third-order valence-electron chi connectivity index (χ3n) is 3.63. The van der Waals surface area contributed by atoms with Crippen molar-refractivity contribution in [3.63, 3.8) is 0 Å². The van der Waals surface area contributed by atoms with Gasteiger partial charge in [-0.3, -0.25) is 0 Å². The molecule has 7 heteroatoms. The Bertz CT molecular complexity index is 831. The summed E-state index contributed by atoms with van der Waals surface area (Å²) in [4.78, 5) is 0. The van der Waals surface area contributed by atoms with Gasteiger partial charge in [-0.05, 0) is 50.2 Å². The maximum absolute atomic E-state index is 13.5. The molecule has 0 aliphatic heterocycles. The van der Waals surface area contributed by atoms with Crippen molar-refractivity contribution >= 4 is 5.82 Å². The molecule has 0 saturated heterocycles. The van der Waals surface area contributed by atoms with Crippen molar-refractivity contribution in [2.45, 2.75) is 19.9 Å². The number of rotatable bonds is 5. The Balaban J connectivity index is 1.77. The second kappa shape index (κ2) is 6.66. The zero-order valence-corrected chi connectivity index (χ0v) is 13.7. The van der Waals surface area contributed by atoms with E-state index >= 15 is 0 Å². The molecular weight excluding hydrogens is 309 g/mol. The molecule has 1 unspecified atom stereocenters. The first-order valence-electron chi connectivity index (χ1n) is 7.53. The minimum absolute atomic E-state index is 0.192. The van der Waals surface area contributed by atoms with E-state index < -0.39 is 0 Å². The summed E-state index contributed by atoms with van der Waals surface area (Å²) in [6.45, 7) is 3.82. The molecule has 6 nitrogen and oxygen atoms in total. The van der Waals surface area contributed by atoms with Crippen LogP contribution < -0.4 is 10.1 Å². The van der Waals surface area contributed by atoms with Gasteiger partial charge in [0.15, 0.2) is 5.82 Å². The minimum Gasteiger partial charge on any atom is -0.496 e. The molecule has 0 aliphatic rings. The van der Waals surface area contributed by atoms with Crippen molar-refractivity contribution in [2.75, 3.05) is 12.4 Å². The van der Waals surface area contributed by atoms with Gasteiger partial charge in [0.05, 0.1) is 18.8 Å². The standard InChI is InChI=1S/C17H18FN5O/c1-11-8-9-23(22-11)17-7-6-16(20-21-17)19-12(2)14-10-13(18)4-5-15(14)24-3/h4-10,12H,1-3H3,(H,19,20). The number of hydrogen-bond donors (Lipinski definition) is 1. The molecule has 2 aromatic heterocycles. The number of benzene rings is 1. The van der Waals surface area contributed by atoms with Crippen molar-refractivity contribution in [3.05, 3.63) is 59.7 Å². The average Bonchev–Trinajstić information content (AvgIpc) is 3.02. The van der Waals surface area contributed by atoms with Crippen molar-refractivity contribution < 1.29 is 9.13 Å². The van der Waals surface area contributed by atoms with E-state index in [1.807, 2.05) is 38.2 Å². The maximum Gasteiger partial charge on any atom is 0.175 e. The van der Waals surface area contributed by atoms with E-state index in [2.05, 4.69) is 20.6 Å². The molecule has 0 radical (unpaired) electrons. The summed E-state index contributed by atoms with van der Waals surface area (Å²) < 4.78 is 20.4. The van der Waals surface area contributed by atoms with E-state index in [4.69, 9.17) is 4.74 Å². The third kappa shape index (κ3) is 3.34. The monoisotopic (exact) mass is 327 g/mol. The Hall–Kier alpha value is -2.96. The Morgan fingerprint density at radius 1 is 1.17 bits per heavy atom. The molecule has 0 aliphatic carbocycles. The highest BCUT2D eigenvalue weighted by Gasteiger charge is 2.13. The summed E-state index contributed by atoms with van der Waals surface area (Å²) in [7, 11) is 1.56. The highest BCUT2D eigenvalue weighted by atomic mass is 19.1. The SMILES string of the molecule is COc1ccc(F)cc1C(C)Nc1ccc(-n2ccc(C)n2)nn1. The van der Waals surface area contributed by atoms with E-state index in [1.165, 1.54) is 12.1 Å². The Morgan fingerprint density at radius 2 is 2.00 bits per heavy atom. The fourth-order valence-corrected chi connectivity index (χ4v) is 2.41. The fraction of sp³-hybridized carbons (Fsp3) is 0.235. The van der Waals surface area contributed by atoms with Crippen LogP contribution >= 0.6 is 0 Å². The zero-order valence-electron chi connectivity index (χ0n) is 13.7. The number of hydrogen-bond acceptors (Lipinski definition) is 5. The summed E-state index contributed by atoms with van der Waals surface area (Å²) in [5, 5.41) is 15.8. The molecule has 124 valence electrons. The second-order valence-corrected chi connectivity index (χ2v) is 5.43. The molecule has 3 aromatic rings. The van der Waals surface area contributed by atoms with Crippen LogP contribution in [0.25, 0.3) is 5.82 Å². The van der Waals surface area contributed by atoms with Crippen LogP contribution in [0.2, 0.25) is 0 Å². The highest BCUT2D eigenvalue weighted by molar-refractivity contribution is 5.43. The molecule has 0 fully saturated rings. The van der Waals surface area contributed by atoms with Gasteiger partial charge in [0.25, 0.3) is 0 Å². The van der Waals surface area contributed by atoms with E-state index in [0.717, 1.165) is 5.69 Å². The second-order valence-electron chi connectivity index (χ2n) is 5.43. The first kappa shape index (κ1) is 15.9. The van der Waals surface area contributed by atoms with E-state index in [9.17, 15) is 4.39 Å². The Labute approximate surface area is 139 Å². The van der Waals surface area contributed by atoms with Crippen LogP contribution in [-0.2, 0) is 0 Å². The van der Waals surface area contributed by atoms with Gasteiger partial charge in [-0.25, -0.2) is 9.07 Å². The predicted molar refractivity (Wildman–Crippen MR) is 88.9 cm³/mol. The van der Waals surface area contributed by atoms with Crippen molar-refractivity contribution in [1.29, 1.82) is 0 Å². The minimum atomic E-state index is -0.310. The van der Waals surface area contributed by atoms with Crippen molar-refractivity contribution in [3.8, 4) is 11.6 Å². The quantitative estimate of drug-likeness (QED) is 0.779. The molecule has 2 heterocycles. The molecule has 0 spiro atoms. The fourth-order valence-electron chi connectivity index (χ4n) is 2.41. The third-order valence-corrected chi connectivity index (χ3v) is 3.63. The summed E-state index contributed by atoms with van der Waals surface area (Å²) >= 11 is 0. The number of aromatic nitrogens is 4. The highest BCUT2D eigenvalue weighted by Crippen LogP contribution is 2.28. The van der Waals surface area contributed by atoms with Crippen molar-refractivity contribution in [1.82, 2.24) is 20.0 Å². The molecule has 1 aromatic carbocycles. The largest absolute Gasteiger partial charge is 0.496 e. The predicted octanol–water partition coefficient (Wildman–Crippen LogP) is 3.29. The first-order valence-corrected chi connectivity index (χ1v) is 7.53. The van der Waals surface area contributed by atoms with E-state index in [1.54, 1.807) is 17.9 Å². The number of aryl methyl sites for hydroxylation is 1. The number of anilines is 1. The summed E-state index contributed by atoms with van der Waals surface area (Å²) in [5.41, 5.74) is 1.62. The van der Waals surface area contributed by atoms with Gasteiger partial charge < -0.3 is 10.1 Å². The Morgan fingerprint density at radius 3 is 2.62 bits per heavy atom. The van der Waals surface area contributed by atoms with E-state index in [0.29, 0.717) is 22.9 Å². The van der Waals surface area contributed by atoms with Gasteiger partial charge in [-0.1, -0.05) is 0 Å². The lowest BCUT2D eigenvalue weighted by molar-refractivity contribution is 0.406. The van der Waals surface area contributed by atoms with Gasteiger partial charge in [0.1, 0.15) is 17.4 Å². The van der Waals surface area contributed by atoms with Crippen LogP contribution in [0.4, 0.5) is 10.2 Å². The number of methoxy groups -OCH3 is 1. The number of nitrogens with one attached hydrogen (secondary N) is 1. The molecule has 1 atom stereocenters. The lowest BCUT2D eigenvalue weighted by atomic mass is 10.1. The molecule has 0 saturated carbocycles. The van der Waals surface area contributed by atoms with Gasteiger partial charge in [-0.2, -0.15) is 5.10 Å². The topological polar surface area (TPSA) is 64.9 Å². The summed E-state index contributed by atoms with van der Waals surface area (Å²) in [5.74, 6) is 1.52. The summed E-state index contributed by atoms with van der Waals surface area (Å²) in [6, 6.07) is 9.76. The lowest BCUT2D eigenvalue weighted by Crippen LogP contribution is -2.11. The Kier molecular flexibility index (Phi) is 4.41. The smallest absolute Gasteiger partial charge is 0.175 e. The van der Waals surface area contributed by atoms with Crippen molar-refractivity contribution in [2.24, 2.45) is 0 Å². The van der Waals surface area contributed by atoms with Gasteiger partial charge in [0, 0.05) is 11.8 Å². The van der Waals surface area contributed by atoms with Crippen LogP contribution in [0.3, 0.4) is 0 Å². The van der Waals surface area contributed by atoms with Gasteiger partial charge in [-0.15, -0.1) is 10.2 Å². The summed E-state index contributed by atoms with van der Waals surface area (Å²) in [6.07, 6.45) is 1.83. The van der Waals surface area contributed by atoms with E-state index in [-0.39, 0.29) is 11.9 Å². The number of halogens is 1. The van der Waals surface area contributed by atoms with Crippen LogP contribution in [0.1, 0.15) is 24.2 Å². The lowest BCUT2D eigenvalue weighted by Gasteiger charge is -2.17. The number of ether oxygens (including phenoxy) is 1. The van der Waals surface area contributed by atoms with Gasteiger partial charge >= 0.3 is 0 Å². The molecule has 0 bridgehead atoms. The zero-order chi connectivity index (χ0) is 17.1. The van der Waals surface area contributed by atoms with Crippen LogP contribution in [0, 0.1) is 12.7 Å². The average molecular weight is 327 g/mol. The normalized spacial score (nSPS) is 12.0.